The molecule has 12 heavy (non-hydrogen) atoms. The van der Waals surface area contributed by atoms with E-state index in [4.69, 9.17) is 0 Å². The first kappa shape index (κ1) is 10.0. The third-order valence-electron chi connectivity index (χ3n) is 2.57. The number of hydrogen-bond acceptors (Lipinski definition) is 2. The smallest absolute Gasteiger partial charge is 0.0195 e. The van der Waals surface area contributed by atoms with Gasteiger partial charge in [0.15, 0.2) is 0 Å². The van der Waals surface area contributed by atoms with Gasteiger partial charge in [-0.05, 0) is 38.3 Å². The van der Waals surface area contributed by atoms with E-state index in [9.17, 15) is 0 Å². The summed E-state index contributed by atoms with van der Waals surface area (Å²) in [6, 6.07) is 0.722. The minimum absolute atomic E-state index is 0.722. The van der Waals surface area contributed by atoms with Gasteiger partial charge >= 0.3 is 0 Å². The molecule has 1 heterocycles. The number of hydrogen-bond donors (Lipinski definition) is 2. The van der Waals surface area contributed by atoms with E-state index in [1.54, 1.807) is 0 Å². The molecule has 0 saturated carbocycles. The normalized spacial score (nSPS) is 30.5. The average molecular weight is 170 g/mol. The van der Waals surface area contributed by atoms with Crippen molar-refractivity contribution in [2.24, 2.45) is 5.92 Å². The zero-order chi connectivity index (χ0) is 8.81. The van der Waals surface area contributed by atoms with Gasteiger partial charge < -0.3 is 10.6 Å². The van der Waals surface area contributed by atoms with Gasteiger partial charge in [-0.25, -0.2) is 0 Å². The molecule has 2 nitrogen and oxygen atoms in total. The number of rotatable bonds is 4. The summed E-state index contributed by atoms with van der Waals surface area (Å²) >= 11 is 0. The van der Waals surface area contributed by atoms with E-state index in [1.165, 1.54) is 25.8 Å². The van der Waals surface area contributed by atoms with Crippen LogP contribution in [0.15, 0.2) is 0 Å². The zero-order valence-electron chi connectivity index (χ0n) is 8.40. The Morgan fingerprint density at radius 1 is 1.50 bits per heavy atom. The van der Waals surface area contributed by atoms with Gasteiger partial charge in [-0.3, -0.25) is 0 Å². The van der Waals surface area contributed by atoms with Crippen LogP contribution in [0.3, 0.4) is 0 Å². The Hall–Kier alpha value is -0.0800. The fourth-order valence-corrected chi connectivity index (χ4v) is 1.83. The van der Waals surface area contributed by atoms with Gasteiger partial charge in [0.05, 0.1) is 0 Å². The molecule has 2 heteroatoms. The first-order valence-corrected chi connectivity index (χ1v) is 5.27. The zero-order valence-corrected chi connectivity index (χ0v) is 8.40. The van der Waals surface area contributed by atoms with E-state index in [0.29, 0.717) is 0 Å². The first-order chi connectivity index (χ1) is 5.83. The molecule has 1 saturated heterocycles. The van der Waals surface area contributed by atoms with E-state index < -0.39 is 0 Å². The van der Waals surface area contributed by atoms with Crippen LogP contribution in [-0.2, 0) is 0 Å². The average Bonchev–Trinajstić information content (AvgIpc) is 2.05. The summed E-state index contributed by atoms with van der Waals surface area (Å²) in [7, 11) is 0. The van der Waals surface area contributed by atoms with Gasteiger partial charge in [-0.2, -0.15) is 0 Å². The topological polar surface area (TPSA) is 24.1 Å². The fourth-order valence-electron chi connectivity index (χ4n) is 1.83. The highest BCUT2D eigenvalue weighted by Gasteiger charge is 2.16. The molecule has 0 amide bonds. The van der Waals surface area contributed by atoms with Gasteiger partial charge in [0, 0.05) is 12.6 Å². The maximum atomic E-state index is 3.55. The predicted octanol–water partition coefficient (Wildman–Crippen LogP) is 1.37. The maximum Gasteiger partial charge on any atom is 0.0195 e. The molecule has 0 aliphatic carbocycles. The minimum atomic E-state index is 0.722. The lowest BCUT2D eigenvalue weighted by molar-refractivity contribution is 0.311. The van der Waals surface area contributed by atoms with Crippen LogP contribution in [0, 0.1) is 5.92 Å². The van der Waals surface area contributed by atoms with Crippen molar-refractivity contribution in [3.8, 4) is 0 Å². The molecule has 2 atom stereocenters. The van der Waals surface area contributed by atoms with E-state index in [1.807, 2.05) is 0 Å². The molecular formula is C10H22N2. The van der Waals surface area contributed by atoms with Crippen molar-refractivity contribution >= 4 is 0 Å². The number of piperidine rings is 1. The molecular weight excluding hydrogens is 148 g/mol. The molecule has 0 aromatic heterocycles. The maximum absolute atomic E-state index is 3.55. The summed E-state index contributed by atoms with van der Waals surface area (Å²) in [6.07, 6.45) is 3.93. The molecule has 0 radical (unpaired) electrons. The summed E-state index contributed by atoms with van der Waals surface area (Å²) in [5.41, 5.74) is 0. The molecule has 0 aromatic rings. The van der Waals surface area contributed by atoms with Gasteiger partial charge in [0.25, 0.3) is 0 Å². The molecule has 0 aromatic carbocycles. The summed E-state index contributed by atoms with van der Waals surface area (Å²) in [4.78, 5) is 0. The van der Waals surface area contributed by atoms with Gasteiger partial charge in [-0.15, -0.1) is 0 Å². The Bertz CT molecular complexity index is 114. The standard InChI is InChI=1S/C10H22N2/c1-3-5-11-8-10-7-9(2)4-6-12-10/h9-12H,3-8H2,1-2H3. The fraction of sp³-hybridized carbons (Fsp3) is 1.00. The highest BCUT2D eigenvalue weighted by Crippen LogP contribution is 2.14. The van der Waals surface area contributed by atoms with Crippen molar-refractivity contribution in [1.82, 2.24) is 10.6 Å². The van der Waals surface area contributed by atoms with E-state index in [-0.39, 0.29) is 0 Å². The van der Waals surface area contributed by atoms with Gasteiger partial charge in [0.2, 0.25) is 0 Å². The monoisotopic (exact) mass is 170 g/mol. The van der Waals surface area contributed by atoms with Gasteiger partial charge in [-0.1, -0.05) is 13.8 Å². The molecule has 0 bridgehead atoms. The Morgan fingerprint density at radius 3 is 3.00 bits per heavy atom. The van der Waals surface area contributed by atoms with E-state index in [2.05, 4.69) is 24.5 Å². The van der Waals surface area contributed by atoms with Crippen LogP contribution in [0.5, 0.6) is 0 Å². The first-order valence-electron chi connectivity index (χ1n) is 5.27. The van der Waals surface area contributed by atoms with E-state index in [0.717, 1.165) is 25.0 Å². The van der Waals surface area contributed by atoms with E-state index >= 15 is 0 Å². The molecule has 2 N–H and O–H groups in total. The lowest BCUT2D eigenvalue weighted by Crippen LogP contribution is -2.44. The van der Waals surface area contributed by atoms with Crippen molar-refractivity contribution in [3.05, 3.63) is 0 Å². The molecule has 72 valence electrons. The van der Waals surface area contributed by atoms with Crippen molar-refractivity contribution in [2.45, 2.75) is 39.2 Å². The van der Waals surface area contributed by atoms with Gasteiger partial charge in [0.1, 0.15) is 0 Å². The molecule has 1 aliphatic heterocycles. The van der Waals surface area contributed by atoms with Crippen molar-refractivity contribution < 1.29 is 0 Å². The molecule has 1 rings (SSSR count). The van der Waals surface area contributed by atoms with Crippen molar-refractivity contribution in [3.63, 3.8) is 0 Å². The molecule has 1 aliphatic rings. The molecule has 0 spiro atoms. The Morgan fingerprint density at radius 2 is 2.33 bits per heavy atom. The van der Waals surface area contributed by atoms with Crippen LogP contribution in [0.1, 0.15) is 33.1 Å². The second-order valence-corrected chi connectivity index (χ2v) is 3.98. The quantitative estimate of drug-likeness (QED) is 0.623. The third kappa shape index (κ3) is 3.55. The summed E-state index contributed by atoms with van der Waals surface area (Å²) < 4.78 is 0. The second-order valence-electron chi connectivity index (χ2n) is 3.98. The summed E-state index contributed by atoms with van der Waals surface area (Å²) in [6.45, 7) is 8.09. The lowest BCUT2D eigenvalue weighted by atomic mass is 9.94. The molecule has 2 unspecified atom stereocenters. The highest BCUT2D eigenvalue weighted by atomic mass is 15.0. The van der Waals surface area contributed by atoms with Crippen molar-refractivity contribution in [2.75, 3.05) is 19.6 Å². The van der Waals surface area contributed by atoms with Crippen LogP contribution >= 0.6 is 0 Å². The SMILES string of the molecule is CCCNCC1CC(C)CCN1. The van der Waals surface area contributed by atoms with Crippen LogP contribution in [0.2, 0.25) is 0 Å². The second kappa shape index (κ2) is 5.55. The summed E-state index contributed by atoms with van der Waals surface area (Å²) in [5.74, 6) is 0.916. The largest absolute Gasteiger partial charge is 0.315 e. The number of nitrogens with one attached hydrogen (secondary N) is 2. The highest BCUT2D eigenvalue weighted by molar-refractivity contribution is 4.77. The molecule has 1 fully saturated rings. The van der Waals surface area contributed by atoms with Crippen molar-refractivity contribution in [1.29, 1.82) is 0 Å². The van der Waals surface area contributed by atoms with Crippen LogP contribution in [-0.4, -0.2) is 25.7 Å². The van der Waals surface area contributed by atoms with Crippen LogP contribution < -0.4 is 10.6 Å². The van der Waals surface area contributed by atoms with Crippen LogP contribution in [0.25, 0.3) is 0 Å². The lowest BCUT2D eigenvalue weighted by Gasteiger charge is -2.28. The Labute approximate surface area is 76.1 Å². The third-order valence-corrected chi connectivity index (χ3v) is 2.57. The minimum Gasteiger partial charge on any atom is -0.315 e. The van der Waals surface area contributed by atoms with Crippen LogP contribution in [0.4, 0.5) is 0 Å². The Balaban J connectivity index is 2.06. The summed E-state index contributed by atoms with van der Waals surface area (Å²) in [5, 5.41) is 7.01. The predicted molar refractivity (Wildman–Crippen MR) is 53.3 cm³/mol. The Kier molecular flexibility index (Phi) is 4.62.